The summed E-state index contributed by atoms with van der Waals surface area (Å²) in [6.07, 6.45) is 4.13. The lowest BCUT2D eigenvalue weighted by molar-refractivity contribution is -0.145. The van der Waals surface area contributed by atoms with E-state index in [4.69, 9.17) is 25.8 Å². The van der Waals surface area contributed by atoms with Crippen LogP contribution in [-0.4, -0.2) is 67.1 Å². The van der Waals surface area contributed by atoms with Crippen LogP contribution in [0.1, 0.15) is 26.7 Å². The minimum absolute atomic E-state index is 0.0910. The van der Waals surface area contributed by atoms with Crippen LogP contribution in [0.3, 0.4) is 0 Å². The number of allylic oxidation sites excluding steroid dienone is 2. The summed E-state index contributed by atoms with van der Waals surface area (Å²) >= 11 is 6.11. The molecule has 0 spiro atoms. The molecule has 1 saturated heterocycles. The molecule has 172 valence electrons. The number of aliphatic carboxylic acids is 1. The molecule has 2 atom stereocenters. The van der Waals surface area contributed by atoms with Gasteiger partial charge in [0.15, 0.2) is 0 Å². The fraction of sp³-hybridized carbons (Fsp3) is 0.500. The van der Waals surface area contributed by atoms with E-state index in [0.29, 0.717) is 30.5 Å². The Bertz CT molecular complexity index is 757. The Kier molecular flexibility index (Phi) is 11.1. The minimum Gasteiger partial charge on any atom is -0.478 e. The summed E-state index contributed by atoms with van der Waals surface area (Å²) in [4.78, 5) is 37.2. The lowest BCUT2D eigenvalue weighted by Crippen LogP contribution is -2.48. The van der Waals surface area contributed by atoms with E-state index in [1.165, 1.54) is 13.2 Å². The van der Waals surface area contributed by atoms with Crippen molar-refractivity contribution in [2.24, 2.45) is 5.92 Å². The zero-order valence-electron chi connectivity index (χ0n) is 18.1. The third-order valence-electron chi connectivity index (χ3n) is 4.70. The minimum atomic E-state index is -1.10. The van der Waals surface area contributed by atoms with Gasteiger partial charge in [-0.1, -0.05) is 36.9 Å². The molecule has 0 bridgehead atoms. The summed E-state index contributed by atoms with van der Waals surface area (Å²) in [6.45, 7) is 11.5. The number of nitrogens with zero attached hydrogens (tertiary/aromatic N) is 1. The van der Waals surface area contributed by atoms with E-state index in [1.807, 2.05) is 0 Å². The Morgan fingerprint density at radius 2 is 2.03 bits per heavy atom. The first-order valence-corrected chi connectivity index (χ1v) is 10.2. The quantitative estimate of drug-likeness (QED) is 0.302. The van der Waals surface area contributed by atoms with Crippen molar-refractivity contribution in [3.8, 4) is 0 Å². The van der Waals surface area contributed by atoms with Crippen molar-refractivity contribution in [2.45, 2.75) is 38.8 Å². The fourth-order valence-electron chi connectivity index (χ4n) is 3.37. The zero-order valence-corrected chi connectivity index (χ0v) is 18.9. The van der Waals surface area contributed by atoms with Crippen LogP contribution in [-0.2, 0) is 23.8 Å². The fourth-order valence-corrected chi connectivity index (χ4v) is 3.54. The molecule has 0 aromatic heterocycles. The number of halogens is 1. The first kappa shape index (κ1) is 26.5. The van der Waals surface area contributed by atoms with Crippen molar-refractivity contribution in [2.75, 3.05) is 26.8 Å². The normalized spacial score (nSPS) is 19.6. The Hall–Kier alpha value is -2.58. The van der Waals surface area contributed by atoms with E-state index >= 15 is 0 Å². The van der Waals surface area contributed by atoms with Crippen LogP contribution in [0.25, 0.3) is 0 Å². The highest BCUT2D eigenvalue weighted by atomic mass is 35.5. The molecular formula is C22H30ClNO7. The Balaban J connectivity index is 3.01. The molecule has 0 aromatic rings. The Labute approximate surface area is 187 Å². The SMILES string of the molecule is C=C/C=C(\C(=C)Cl)[C@@H](C(=O)OC)N1CC[C@H](CCOC(=O)OC(C)C)/C(=C/C(=O)O)C1. The van der Waals surface area contributed by atoms with Gasteiger partial charge in [0.25, 0.3) is 0 Å². The monoisotopic (exact) mass is 455 g/mol. The van der Waals surface area contributed by atoms with Crippen LogP contribution in [0.2, 0.25) is 0 Å². The number of rotatable bonds is 10. The van der Waals surface area contributed by atoms with Gasteiger partial charge in [-0.2, -0.15) is 0 Å². The lowest BCUT2D eigenvalue weighted by Gasteiger charge is -2.38. The number of piperidine rings is 1. The van der Waals surface area contributed by atoms with Crippen LogP contribution in [0, 0.1) is 5.92 Å². The van der Waals surface area contributed by atoms with Gasteiger partial charge in [0, 0.05) is 24.2 Å². The average molecular weight is 456 g/mol. The predicted octanol–water partition coefficient (Wildman–Crippen LogP) is 3.68. The number of hydrogen-bond donors (Lipinski definition) is 1. The summed E-state index contributed by atoms with van der Waals surface area (Å²) in [5.41, 5.74) is 1.03. The first-order chi connectivity index (χ1) is 14.6. The topological polar surface area (TPSA) is 102 Å². The highest BCUT2D eigenvalue weighted by Crippen LogP contribution is 2.31. The van der Waals surface area contributed by atoms with Crippen LogP contribution in [0.4, 0.5) is 4.79 Å². The molecule has 0 amide bonds. The van der Waals surface area contributed by atoms with Crippen LogP contribution in [0.15, 0.2) is 47.6 Å². The van der Waals surface area contributed by atoms with Gasteiger partial charge in [-0.05, 0) is 43.8 Å². The molecule has 0 radical (unpaired) electrons. The molecule has 0 aliphatic carbocycles. The standard InChI is InChI=1S/C22H30ClNO7/c1-6-7-18(15(4)23)20(21(27)29-5)24-10-8-16(17(13-24)12-19(25)26)9-11-30-22(28)31-14(2)3/h6-7,12,14,16,20H,1,4,8-11,13H2,2-3,5H3,(H,25,26)/b17-12+,18-7+/t16-,20+/m1/s1. The molecule has 8 nitrogen and oxygen atoms in total. The second-order valence-electron chi connectivity index (χ2n) is 7.26. The van der Waals surface area contributed by atoms with Gasteiger partial charge < -0.3 is 19.3 Å². The number of esters is 1. The molecule has 1 aliphatic heterocycles. The molecule has 31 heavy (non-hydrogen) atoms. The van der Waals surface area contributed by atoms with Gasteiger partial charge in [-0.25, -0.2) is 14.4 Å². The maximum atomic E-state index is 12.5. The lowest BCUT2D eigenvalue weighted by atomic mass is 9.86. The number of ether oxygens (including phenoxy) is 3. The molecule has 1 heterocycles. The van der Waals surface area contributed by atoms with Crippen molar-refractivity contribution in [1.29, 1.82) is 0 Å². The summed E-state index contributed by atoms with van der Waals surface area (Å²) in [5, 5.41) is 9.47. The number of carbonyl (C=O) groups excluding carboxylic acids is 2. The van der Waals surface area contributed by atoms with Crippen molar-refractivity contribution in [3.63, 3.8) is 0 Å². The summed E-state index contributed by atoms with van der Waals surface area (Å²) in [5.74, 6) is -1.77. The summed E-state index contributed by atoms with van der Waals surface area (Å²) < 4.78 is 14.9. The molecule has 0 unspecified atom stereocenters. The number of carboxylic acid groups (broad SMARTS) is 1. The average Bonchev–Trinajstić information content (AvgIpc) is 2.67. The van der Waals surface area contributed by atoms with Gasteiger partial charge in [-0.15, -0.1) is 0 Å². The van der Waals surface area contributed by atoms with Crippen LogP contribution in [0.5, 0.6) is 0 Å². The molecule has 0 saturated carbocycles. The molecule has 1 aliphatic rings. The van der Waals surface area contributed by atoms with E-state index in [-0.39, 0.29) is 30.2 Å². The van der Waals surface area contributed by atoms with Crippen molar-refractivity contribution < 1.29 is 33.7 Å². The van der Waals surface area contributed by atoms with Gasteiger partial charge in [-0.3, -0.25) is 4.90 Å². The maximum absolute atomic E-state index is 12.5. The molecule has 1 fully saturated rings. The second kappa shape index (κ2) is 13.0. The van der Waals surface area contributed by atoms with Gasteiger partial charge in [0.2, 0.25) is 0 Å². The Morgan fingerprint density at radius 3 is 2.55 bits per heavy atom. The predicted molar refractivity (Wildman–Crippen MR) is 117 cm³/mol. The van der Waals surface area contributed by atoms with Crippen molar-refractivity contribution in [1.82, 2.24) is 4.90 Å². The highest BCUT2D eigenvalue weighted by Gasteiger charge is 2.36. The van der Waals surface area contributed by atoms with Crippen LogP contribution >= 0.6 is 11.6 Å². The highest BCUT2D eigenvalue weighted by molar-refractivity contribution is 6.32. The molecule has 0 aromatic carbocycles. The van der Waals surface area contributed by atoms with Gasteiger partial charge in [0.05, 0.1) is 19.8 Å². The van der Waals surface area contributed by atoms with E-state index in [9.17, 15) is 19.5 Å². The molecule has 1 rings (SSSR count). The zero-order chi connectivity index (χ0) is 23.6. The maximum Gasteiger partial charge on any atom is 0.508 e. The number of methoxy groups -OCH3 is 1. The number of likely N-dealkylation sites (tertiary alicyclic amines) is 1. The van der Waals surface area contributed by atoms with E-state index in [0.717, 1.165) is 6.08 Å². The van der Waals surface area contributed by atoms with E-state index in [1.54, 1.807) is 24.8 Å². The largest absolute Gasteiger partial charge is 0.508 e. The van der Waals surface area contributed by atoms with Gasteiger partial charge in [0.1, 0.15) is 6.04 Å². The Morgan fingerprint density at radius 1 is 1.35 bits per heavy atom. The third kappa shape index (κ3) is 8.59. The number of carbonyl (C=O) groups is 3. The summed E-state index contributed by atoms with van der Waals surface area (Å²) in [6, 6.07) is -0.858. The molecule has 1 N–H and O–H groups in total. The number of carboxylic acids is 1. The van der Waals surface area contributed by atoms with Crippen LogP contribution < -0.4 is 0 Å². The third-order valence-corrected chi connectivity index (χ3v) is 4.91. The van der Waals surface area contributed by atoms with Gasteiger partial charge >= 0.3 is 18.1 Å². The van der Waals surface area contributed by atoms with Crippen molar-refractivity contribution in [3.05, 3.63) is 47.6 Å². The summed E-state index contributed by atoms with van der Waals surface area (Å²) in [7, 11) is 1.27. The van der Waals surface area contributed by atoms with E-state index in [2.05, 4.69) is 13.2 Å². The van der Waals surface area contributed by atoms with Crippen molar-refractivity contribution >= 4 is 29.7 Å². The molecular weight excluding hydrogens is 426 g/mol. The first-order valence-electron chi connectivity index (χ1n) is 9.86. The number of hydrogen-bond acceptors (Lipinski definition) is 7. The van der Waals surface area contributed by atoms with E-state index < -0.39 is 24.1 Å². The molecule has 9 heteroatoms. The smallest absolute Gasteiger partial charge is 0.478 e. The second-order valence-corrected chi connectivity index (χ2v) is 7.71.